The van der Waals surface area contributed by atoms with Crippen LogP contribution in [0.5, 0.6) is 5.75 Å². The Hall–Kier alpha value is -2.11. The topological polar surface area (TPSA) is 49.8 Å². The predicted octanol–water partition coefficient (Wildman–Crippen LogP) is 3.89. The van der Waals surface area contributed by atoms with Crippen LogP contribution in [0.4, 0.5) is 5.69 Å². The molecule has 4 nitrogen and oxygen atoms in total. The molecule has 0 fully saturated rings. The fourth-order valence-corrected chi connectivity index (χ4v) is 1.93. The van der Waals surface area contributed by atoms with Gasteiger partial charge in [0.2, 0.25) is 0 Å². The number of halogens is 1. The molecule has 2 aromatic carbocycles. The number of hydrogen-bond donors (Lipinski definition) is 1. The lowest BCUT2D eigenvalue weighted by Gasteiger charge is -2.13. The van der Waals surface area contributed by atoms with Gasteiger partial charge in [0.1, 0.15) is 5.75 Å². The lowest BCUT2D eigenvalue weighted by Crippen LogP contribution is -2.24. The lowest BCUT2D eigenvalue weighted by molar-refractivity contribution is -0.118. The number of benzene rings is 2. The number of anilines is 1. The summed E-state index contributed by atoms with van der Waals surface area (Å²) in [5, 5.41) is 10.5. The maximum absolute atomic E-state index is 11.9. The summed E-state index contributed by atoms with van der Waals surface area (Å²) in [6.07, 6.45) is 2.95. The second-order valence-corrected chi connectivity index (χ2v) is 5.15. The largest absolute Gasteiger partial charge is 0.497 e. The second kappa shape index (κ2) is 7.06. The van der Waals surface area contributed by atoms with E-state index in [-0.39, 0.29) is 0 Å². The number of ether oxygens (including phenoxy) is 1. The van der Waals surface area contributed by atoms with Crippen LogP contribution in [0.3, 0.4) is 0 Å². The maximum atomic E-state index is 11.9. The minimum absolute atomic E-state index is 0.376. The van der Waals surface area contributed by atoms with Crippen LogP contribution in [0.2, 0.25) is 0 Å². The van der Waals surface area contributed by atoms with Crippen molar-refractivity contribution in [2.24, 2.45) is 0 Å². The van der Waals surface area contributed by atoms with Crippen molar-refractivity contribution in [3.63, 3.8) is 0 Å². The molecule has 0 saturated heterocycles. The Morgan fingerprint density at radius 3 is 2.33 bits per heavy atom. The first-order chi connectivity index (χ1) is 10.1. The molecule has 21 heavy (non-hydrogen) atoms. The van der Waals surface area contributed by atoms with E-state index in [1.165, 1.54) is 6.08 Å². The normalized spacial score (nSPS) is 10.6. The zero-order valence-corrected chi connectivity index (χ0v) is 12.9. The van der Waals surface area contributed by atoms with E-state index in [1.54, 1.807) is 37.5 Å². The standard InChI is InChI=1S/C16H14BrNO3/c1-21-15-9-7-14(8-10-15)18(20)16(19)11-4-12-2-5-13(17)6-3-12/h2-11,20H,1H3/b11-4+. The average molecular weight is 348 g/mol. The summed E-state index contributed by atoms with van der Waals surface area (Å²) in [5.74, 6) is 0.132. The summed E-state index contributed by atoms with van der Waals surface area (Å²) in [6, 6.07) is 14.0. The van der Waals surface area contributed by atoms with Crippen molar-refractivity contribution in [1.29, 1.82) is 0 Å². The molecule has 0 bridgehead atoms. The molecule has 0 aromatic heterocycles. The summed E-state index contributed by atoms with van der Waals surface area (Å²) < 4.78 is 5.99. The SMILES string of the molecule is COc1ccc(N(O)C(=O)/C=C/c2ccc(Br)cc2)cc1. The number of rotatable bonds is 4. The van der Waals surface area contributed by atoms with Crippen LogP contribution in [-0.4, -0.2) is 18.2 Å². The molecule has 1 amide bonds. The van der Waals surface area contributed by atoms with E-state index in [9.17, 15) is 10.0 Å². The molecule has 0 spiro atoms. The maximum Gasteiger partial charge on any atom is 0.274 e. The van der Waals surface area contributed by atoms with E-state index in [4.69, 9.17) is 4.74 Å². The van der Waals surface area contributed by atoms with E-state index >= 15 is 0 Å². The van der Waals surface area contributed by atoms with Crippen LogP contribution >= 0.6 is 15.9 Å². The molecule has 108 valence electrons. The number of amides is 1. The first-order valence-corrected chi connectivity index (χ1v) is 7.00. The van der Waals surface area contributed by atoms with Crippen molar-refractivity contribution in [3.8, 4) is 5.75 Å². The van der Waals surface area contributed by atoms with E-state index in [0.29, 0.717) is 16.5 Å². The molecule has 0 aliphatic carbocycles. The first-order valence-electron chi connectivity index (χ1n) is 6.21. The van der Waals surface area contributed by atoms with Crippen molar-refractivity contribution < 1.29 is 14.7 Å². The molecule has 0 heterocycles. The fourth-order valence-electron chi connectivity index (χ4n) is 1.66. The quantitative estimate of drug-likeness (QED) is 0.518. The highest BCUT2D eigenvalue weighted by atomic mass is 79.9. The van der Waals surface area contributed by atoms with Gasteiger partial charge in [-0.3, -0.25) is 10.0 Å². The number of nitrogens with zero attached hydrogens (tertiary/aromatic N) is 1. The van der Waals surface area contributed by atoms with Gasteiger partial charge in [0.15, 0.2) is 0 Å². The van der Waals surface area contributed by atoms with Gasteiger partial charge in [-0.05, 0) is 48.0 Å². The van der Waals surface area contributed by atoms with E-state index < -0.39 is 5.91 Å². The molecule has 5 heteroatoms. The van der Waals surface area contributed by atoms with Gasteiger partial charge >= 0.3 is 0 Å². The third-order valence-corrected chi connectivity index (χ3v) is 3.34. The molecule has 1 N–H and O–H groups in total. The summed E-state index contributed by atoms with van der Waals surface area (Å²) >= 11 is 3.34. The van der Waals surface area contributed by atoms with Crippen LogP contribution in [-0.2, 0) is 4.79 Å². The van der Waals surface area contributed by atoms with Crippen molar-refractivity contribution in [3.05, 3.63) is 64.6 Å². The molecule has 2 rings (SSSR count). The number of hydrogen-bond acceptors (Lipinski definition) is 3. The Bertz CT molecular complexity index is 636. The predicted molar refractivity (Wildman–Crippen MR) is 85.4 cm³/mol. The van der Waals surface area contributed by atoms with Crippen LogP contribution in [0.1, 0.15) is 5.56 Å². The highest BCUT2D eigenvalue weighted by Crippen LogP contribution is 2.18. The highest BCUT2D eigenvalue weighted by molar-refractivity contribution is 9.10. The number of carbonyl (C=O) groups is 1. The minimum atomic E-state index is -0.525. The summed E-state index contributed by atoms with van der Waals surface area (Å²) in [4.78, 5) is 11.9. The first kappa shape index (κ1) is 15.3. The molecule has 0 atom stereocenters. The highest BCUT2D eigenvalue weighted by Gasteiger charge is 2.09. The van der Waals surface area contributed by atoms with Crippen molar-refractivity contribution >= 4 is 33.6 Å². The summed E-state index contributed by atoms with van der Waals surface area (Å²) in [5.41, 5.74) is 1.25. The van der Waals surface area contributed by atoms with Gasteiger partial charge in [-0.1, -0.05) is 28.1 Å². The third kappa shape index (κ3) is 4.18. The Kier molecular flexibility index (Phi) is 5.14. The minimum Gasteiger partial charge on any atom is -0.497 e. The number of carbonyl (C=O) groups excluding carboxylic acids is 1. The Labute approximate surface area is 131 Å². The monoisotopic (exact) mass is 347 g/mol. The van der Waals surface area contributed by atoms with E-state index in [2.05, 4.69) is 15.9 Å². The van der Waals surface area contributed by atoms with Crippen molar-refractivity contribution in [2.75, 3.05) is 12.2 Å². The van der Waals surface area contributed by atoms with Crippen LogP contribution < -0.4 is 9.80 Å². The van der Waals surface area contributed by atoms with Crippen LogP contribution in [0, 0.1) is 0 Å². The van der Waals surface area contributed by atoms with Gasteiger partial charge in [0.25, 0.3) is 5.91 Å². The van der Waals surface area contributed by atoms with Crippen LogP contribution in [0.15, 0.2) is 59.1 Å². The molecule has 0 radical (unpaired) electrons. The molecule has 0 aliphatic heterocycles. The van der Waals surface area contributed by atoms with Gasteiger partial charge in [0.05, 0.1) is 12.8 Å². The molecule has 0 aliphatic rings. The van der Waals surface area contributed by atoms with Gasteiger partial charge < -0.3 is 4.74 Å². The van der Waals surface area contributed by atoms with Crippen LogP contribution in [0.25, 0.3) is 6.08 Å². The van der Waals surface area contributed by atoms with Gasteiger partial charge in [-0.15, -0.1) is 0 Å². The smallest absolute Gasteiger partial charge is 0.274 e. The van der Waals surface area contributed by atoms with E-state index in [0.717, 1.165) is 10.0 Å². The molecule has 2 aromatic rings. The number of hydroxylamine groups is 1. The van der Waals surface area contributed by atoms with E-state index in [1.807, 2.05) is 24.3 Å². The molecular weight excluding hydrogens is 334 g/mol. The lowest BCUT2D eigenvalue weighted by atomic mass is 10.2. The Balaban J connectivity index is 2.06. The van der Waals surface area contributed by atoms with Gasteiger partial charge in [0, 0.05) is 10.5 Å². The molecule has 0 saturated carbocycles. The van der Waals surface area contributed by atoms with Gasteiger partial charge in [-0.2, -0.15) is 5.06 Å². The second-order valence-electron chi connectivity index (χ2n) is 4.23. The summed E-state index contributed by atoms with van der Waals surface area (Å²) in [6.45, 7) is 0. The molecular formula is C16H14BrNO3. The van der Waals surface area contributed by atoms with Crippen molar-refractivity contribution in [2.45, 2.75) is 0 Å². The average Bonchev–Trinajstić information content (AvgIpc) is 2.53. The summed E-state index contributed by atoms with van der Waals surface area (Å²) in [7, 11) is 1.55. The zero-order chi connectivity index (χ0) is 15.2. The Morgan fingerprint density at radius 1 is 1.14 bits per heavy atom. The van der Waals surface area contributed by atoms with Gasteiger partial charge in [-0.25, -0.2) is 0 Å². The number of methoxy groups -OCH3 is 1. The van der Waals surface area contributed by atoms with Crippen molar-refractivity contribution in [1.82, 2.24) is 0 Å². The fraction of sp³-hybridized carbons (Fsp3) is 0.0625. The third-order valence-electron chi connectivity index (χ3n) is 2.81. The zero-order valence-electron chi connectivity index (χ0n) is 11.4. The molecule has 0 unspecified atom stereocenters. The Morgan fingerprint density at radius 2 is 1.76 bits per heavy atom.